The highest BCUT2D eigenvalue weighted by Gasteiger charge is 2.19. The van der Waals surface area contributed by atoms with E-state index in [2.05, 4.69) is 10.6 Å². The molecule has 0 aliphatic heterocycles. The Labute approximate surface area is 156 Å². The summed E-state index contributed by atoms with van der Waals surface area (Å²) in [5.41, 5.74) is 1.47. The number of benzene rings is 2. The van der Waals surface area contributed by atoms with Crippen molar-refractivity contribution in [3.05, 3.63) is 65.5 Å². The summed E-state index contributed by atoms with van der Waals surface area (Å²) in [5.74, 6) is -2.16. The molecule has 0 spiro atoms. The molecule has 2 amide bonds. The van der Waals surface area contributed by atoms with Crippen LogP contribution in [-0.4, -0.2) is 30.4 Å². The van der Waals surface area contributed by atoms with Crippen molar-refractivity contribution in [1.82, 2.24) is 5.32 Å². The summed E-state index contributed by atoms with van der Waals surface area (Å²) in [5, 5.41) is 4.97. The number of anilines is 1. The number of nitrogens with one attached hydrogen (secondary N) is 2. The van der Waals surface area contributed by atoms with E-state index in [-0.39, 0.29) is 24.6 Å². The van der Waals surface area contributed by atoms with Crippen LogP contribution in [0, 0.1) is 12.7 Å². The molecule has 0 aliphatic carbocycles. The first-order valence-electron chi connectivity index (χ1n) is 8.46. The zero-order valence-electron chi connectivity index (χ0n) is 15.1. The molecule has 0 saturated carbocycles. The van der Waals surface area contributed by atoms with Crippen LogP contribution >= 0.6 is 0 Å². The van der Waals surface area contributed by atoms with Gasteiger partial charge in [0.1, 0.15) is 5.82 Å². The van der Waals surface area contributed by atoms with E-state index < -0.39 is 23.8 Å². The maximum absolute atomic E-state index is 13.5. The molecule has 0 heterocycles. The molecular formula is C20H21FN2O4. The number of carbonyl (C=O) groups excluding carboxylic acids is 3. The molecular weight excluding hydrogens is 351 g/mol. The molecule has 0 radical (unpaired) electrons. The maximum atomic E-state index is 13.5. The Balaban J connectivity index is 1.75. The van der Waals surface area contributed by atoms with Gasteiger partial charge in [-0.1, -0.05) is 29.8 Å². The molecule has 2 aromatic carbocycles. The third-order valence-corrected chi connectivity index (χ3v) is 3.70. The van der Waals surface area contributed by atoms with Crippen molar-refractivity contribution in [2.45, 2.75) is 26.4 Å². The zero-order valence-corrected chi connectivity index (χ0v) is 15.1. The zero-order chi connectivity index (χ0) is 19.8. The van der Waals surface area contributed by atoms with Gasteiger partial charge in [0, 0.05) is 12.1 Å². The number of halogens is 1. The first-order valence-corrected chi connectivity index (χ1v) is 8.46. The van der Waals surface area contributed by atoms with Crippen LogP contribution in [0.4, 0.5) is 10.1 Å². The lowest BCUT2D eigenvalue weighted by Crippen LogP contribution is -2.32. The quantitative estimate of drug-likeness (QED) is 0.732. The molecule has 6 nitrogen and oxygen atoms in total. The number of aryl methyl sites for hydroxylation is 1. The summed E-state index contributed by atoms with van der Waals surface area (Å²) in [4.78, 5) is 35.8. The minimum absolute atomic E-state index is 0.0100. The highest BCUT2D eigenvalue weighted by Crippen LogP contribution is 2.13. The van der Waals surface area contributed by atoms with Crippen LogP contribution < -0.4 is 10.6 Å². The second-order valence-electron chi connectivity index (χ2n) is 5.98. The van der Waals surface area contributed by atoms with Crippen molar-refractivity contribution in [2.75, 3.05) is 11.9 Å². The third kappa shape index (κ3) is 6.22. The normalized spacial score (nSPS) is 11.4. The van der Waals surface area contributed by atoms with E-state index in [1.165, 1.54) is 25.1 Å². The molecule has 0 saturated heterocycles. The monoisotopic (exact) mass is 372 g/mol. The Kier molecular flexibility index (Phi) is 7.05. The molecule has 0 bridgehead atoms. The summed E-state index contributed by atoms with van der Waals surface area (Å²) in [6.45, 7) is 3.34. The van der Waals surface area contributed by atoms with Crippen LogP contribution in [0.25, 0.3) is 0 Å². The fourth-order valence-electron chi connectivity index (χ4n) is 2.27. The minimum atomic E-state index is -1.09. The van der Waals surface area contributed by atoms with Gasteiger partial charge in [0.2, 0.25) is 0 Å². The molecule has 7 heteroatoms. The van der Waals surface area contributed by atoms with Crippen LogP contribution in [-0.2, 0) is 14.3 Å². The van der Waals surface area contributed by atoms with Gasteiger partial charge in [-0.2, -0.15) is 0 Å². The minimum Gasteiger partial charge on any atom is -0.452 e. The van der Waals surface area contributed by atoms with Gasteiger partial charge in [0.25, 0.3) is 11.8 Å². The second kappa shape index (κ2) is 9.47. The van der Waals surface area contributed by atoms with E-state index in [1.807, 2.05) is 13.0 Å². The summed E-state index contributed by atoms with van der Waals surface area (Å²) in [6, 6.07) is 12.8. The molecule has 27 heavy (non-hydrogen) atoms. The fraction of sp³-hybridized carbons (Fsp3) is 0.250. The van der Waals surface area contributed by atoms with Crippen LogP contribution in [0.1, 0.15) is 29.3 Å². The summed E-state index contributed by atoms with van der Waals surface area (Å²) < 4.78 is 18.5. The van der Waals surface area contributed by atoms with Crippen molar-refractivity contribution < 1.29 is 23.5 Å². The second-order valence-corrected chi connectivity index (χ2v) is 5.98. The first-order chi connectivity index (χ1) is 12.9. The van der Waals surface area contributed by atoms with Gasteiger partial charge in [-0.3, -0.25) is 14.4 Å². The molecule has 0 unspecified atom stereocenters. The van der Waals surface area contributed by atoms with Gasteiger partial charge in [0.15, 0.2) is 6.10 Å². The number of ether oxygens (including phenoxy) is 1. The number of hydrogen-bond donors (Lipinski definition) is 2. The van der Waals surface area contributed by atoms with Gasteiger partial charge in [0.05, 0.1) is 12.1 Å². The van der Waals surface area contributed by atoms with Crippen molar-refractivity contribution in [3.63, 3.8) is 0 Å². The lowest BCUT2D eigenvalue weighted by Gasteiger charge is -2.14. The fourth-order valence-corrected chi connectivity index (χ4v) is 2.27. The Morgan fingerprint density at radius 2 is 1.85 bits per heavy atom. The molecule has 0 aromatic heterocycles. The highest BCUT2D eigenvalue weighted by atomic mass is 19.1. The number of hydrogen-bond acceptors (Lipinski definition) is 4. The highest BCUT2D eigenvalue weighted by molar-refractivity contribution is 5.95. The smallest absolute Gasteiger partial charge is 0.308 e. The maximum Gasteiger partial charge on any atom is 0.308 e. The van der Waals surface area contributed by atoms with Gasteiger partial charge in [-0.15, -0.1) is 0 Å². The average Bonchev–Trinajstić information content (AvgIpc) is 2.63. The molecule has 142 valence electrons. The van der Waals surface area contributed by atoms with E-state index in [1.54, 1.807) is 24.3 Å². The van der Waals surface area contributed by atoms with E-state index in [4.69, 9.17) is 4.74 Å². The lowest BCUT2D eigenvalue weighted by molar-refractivity contribution is -0.153. The largest absolute Gasteiger partial charge is 0.452 e. The van der Waals surface area contributed by atoms with Crippen LogP contribution in [0.15, 0.2) is 48.5 Å². The predicted octanol–water partition coefficient (Wildman–Crippen LogP) is 2.82. The Morgan fingerprint density at radius 1 is 1.11 bits per heavy atom. The van der Waals surface area contributed by atoms with E-state index in [0.717, 1.165) is 5.56 Å². The summed E-state index contributed by atoms with van der Waals surface area (Å²) >= 11 is 0. The number of amides is 2. The van der Waals surface area contributed by atoms with E-state index in [0.29, 0.717) is 5.56 Å². The first kappa shape index (κ1) is 20.1. The lowest BCUT2D eigenvalue weighted by atomic mass is 10.1. The van der Waals surface area contributed by atoms with Gasteiger partial charge >= 0.3 is 5.97 Å². The molecule has 2 N–H and O–H groups in total. The Hall–Kier alpha value is -3.22. The topological polar surface area (TPSA) is 84.5 Å². The number of rotatable bonds is 7. The van der Waals surface area contributed by atoms with E-state index in [9.17, 15) is 18.8 Å². The third-order valence-electron chi connectivity index (χ3n) is 3.70. The van der Waals surface area contributed by atoms with Gasteiger partial charge < -0.3 is 15.4 Å². The number of para-hydroxylation sites is 1. The van der Waals surface area contributed by atoms with Crippen LogP contribution in [0.3, 0.4) is 0 Å². The summed E-state index contributed by atoms with van der Waals surface area (Å²) in [7, 11) is 0. The summed E-state index contributed by atoms with van der Waals surface area (Å²) in [6.07, 6.45) is -1.18. The molecule has 2 aromatic rings. The number of carbonyl (C=O) groups is 3. The van der Waals surface area contributed by atoms with Crippen molar-refractivity contribution >= 4 is 23.5 Å². The van der Waals surface area contributed by atoms with Crippen LogP contribution in [0.2, 0.25) is 0 Å². The molecule has 0 aliphatic rings. The number of esters is 1. The Morgan fingerprint density at radius 3 is 2.56 bits per heavy atom. The molecule has 0 fully saturated rings. The van der Waals surface area contributed by atoms with E-state index >= 15 is 0 Å². The van der Waals surface area contributed by atoms with Crippen molar-refractivity contribution in [1.29, 1.82) is 0 Å². The SMILES string of the molecule is Cc1cccc(C(=O)NCCC(=O)O[C@H](C)C(=O)Nc2ccccc2F)c1. The molecule has 1 atom stereocenters. The van der Waals surface area contributed by atoms with Gasteiger partial charge in [-0.05, 0) is 38.1 Å². The van der Waals surface area contributed by atoms with Crippen molar-refractivity contribution in [3.8, 4) is 0 Å². The Bertz CT molecular complexity index is 838. The average molecular weight is 372 g/mol. The van der Waals surface area contributed by atoms with Crippen molar-refractivity contribution in [2.24, 2.45) is 0 Å². The molecule has 2 rings (SSSR count). The predicted molar refractivity (Wildman–Crippen MR) is 98.7 cm³/mol. The van der Waals surface area contributed by atoms with Gasteiger partial charge in [-0.25, -0.2) is 4.39 Å². The van der Waals surface area contributed by atoms with Crippen LogP contribution in [0.5, 0.6) is 0 Å². The standard InChI is InChI=1S/C20H21FN2O4/c1-13-6-5-7-15(12-13)20(26)22-11-10-18(24)27-14(2)19(25)23-17-9-4-3-8-16(17)21/h3-9,12,14H,10-11H2,1-2H3,(H,22,26)(H,23,25)/t14-/m1/s1.